The molecule has 0 unspecified atom stereocenters. The first kappa shape index (κ1) is 11.1. The van der Waals surface area contributed by atoms with Crippen molar-refractivity contribution < 1.29 is 4.79 Å². The Kier molecular flexibility index (Phi) is 2.33. The third-order valence-electron chi connectivity index (χ3n) is 3.80. The molecule has 0 radical (unpaired) electrons. The number of fused-ring (bicyclic) bond motifs is 1. The van der Waals surface area contributed by atoms with Crippen molar-refractivity contribution in [3.8, 4) is 0 Å². The molecule has 0 amide bonds. The van der Waals surface area contributed by atoms with Crippen LogP contribution in [0.5, 0.6) is 0 Å². The summed E-state index contributed by atoms with van der Waals surface area (Å²) in [6, 6.07) is 4.16. The average molecular weight is 243 g/mol. The van der Waals surface area contributed by atoms with Crippen molar-refractivity contribution in [1.29, 1.82) is 0 Å². The Hall–Kier alpha value is -1.97. The zero-order valence-electron chi connectivity index (χ0n) is 10.7. The number of benzene rings is 1. The number of anilines is 2. The van der Waals surface area contributed by atoms with Crippen LogP contribution in [0.4, 0.5) is 11.5 Å². The van der Waals surface area contributed by atoms with Crippen LogP contribution in [0.25, 0.3) is 10.9 Å². The Morgan fingerprint density at radius 2 is 2.11 bits per heavy atom. The number of carbonyl (C=O) groups is 1. The number of ketones is 1. The van der Waals surface area contributed by atoms with Gasteiger partial charge in [0.1, 0.15) is 5.82 Å². The van der Waals surface area contributed by atoms with Gasteiger partial charge in [0, 0.05) is 29.6 Å². The monoisotopic (exact) mass is 243 g/mol. The molecule has 3 N–H and O–H groups in total. The third-order valence-corrected chi connectivity index (χ3v) is 3.80. The fourth-order valence-corrected chi connectivity index (χ4v) is 2.62. The lowest BCUT2D eigenvalue weighted by Crippen LogP contribution is -2.19. The number of nitrogens with two attached hydrogens (primary N) is 1. The maximum absolute atomic E-state index is 11.3. The highest BCUT2D eigenvalue weighted by molar-refractivity contribution is 5.93. The van der Waals surface area contributed by atoms with Gasteiger partial charge in [-0.1, -0.05) is 0 Å². The van der Waals surface area contributed by atoms with Gasteiger partial charge in [-0.05, 0) is 37.1 Å². The molecule has 1 saturated heterocycles. The number of H-pyrrole nitrogens is 1. The molecular weight excluding hydrogens is 226 g/mol. The minimum atomic E-state index is 0.307. The molecule has 0 spiro atoms. The average Bonchev–Trinajstić information content (AvgIpc) is 2.92. The molecule has 2 heterocycles. The number of aromatic nitrogens is 1. The zero-order valence-corrected chi connectivity index (χ0v) is 10.7. The Morgan fingerprint density at radius 3 is 2.78 bits per heavy atom. The Bertz CT molecular complexity index is 642. The van der Waals surface area contributed by atoms with Gasteiger partial charge < -0.3 is 15.6 Å². The maximum Gasteiger partial charge on any atom is 0.153 e. The van der Waals surface area contributed by atoms with E-state index in [1.165, 1.54) is 0 Å². The number of Topliss-reactive ketones (excluding diaryl/α,β-unsaturated/α-hetero) is 1. The second-order valence-electron chi connectivity index (χ2n) is 5.06. The minimum absolute atomic E-state index is 0.307. The summed E-state index contributed by atoms with van der Waals surface area (Å²) in [6.45, 7) is 5.37. The van der Waals surface area contributed by atoms with Gasteiger partial charge in [-0.2, -0.15) is 0 Å². The van der Waals surface area contributed by atoms with E-state index in [1.54, 1.807) is 0 Å². The largest absolute Gasteiger partial charge is 0.398 e. The summed E-state index contributed by atoms with van der Waals surface area (Å²) in [5.74, 6) is 1.32. The first-order valence-electron chi connectivity index (χ1n) is 6.21. The molecular formula is C14H17N3O. The van der Waals surface area contributed by atoms with Gasteiger partial charge in [-0.25, -0.2) is 0 Å². The van der Waals surface area contributed by atoms with E-state index in [2.05, 4.69) is 22.0 Å². The van der Waals surface area contributed by atoms with Crippen LogP contribution in [0, 0.1) is 13.8 Å². The molecule has 1 aliphatic rings. The molecule has 3 rings (SSSR count). The predicted molar refractivity (Wildman–Crippen MR) is 74.0 cm³/mol. The van der Waals surface area contributed by atoms with E-state index in [4.69, 9.17) is 5.73 Å². The Labute approximate surface area is 106 Å². The number of nitrogens with one attached hydrogen (secondary N) is 1. The highest BCUT2D eigenvalue weighted by Crippen LogP contribution is 2.31. The van der Waals surface area contributed by atoms with Crippen LogP contribution < -0.4 is 10.6 Å². The molecule has 18 heavy (non-hydrogen) atoms. The van der Waals surface area contributed by atoms with E-state index >= 15 is 0 Å². The van der Waals surface area contributed by atoms with E-state index in [1.807, 2.05) is 13.8 Å². The van der Waals surface area contributed by atoms with Crippen LogP contribution in [0.1, 0.15) is 17.5 Å². The summed E-state index contributed by atoms with van der Waals surface area (Å²) in [5, 5.41) is 1.15. The fraction of sp³-hybridized carbons (Fsp3) is 0.357. The quantitative estimate of drug-likeness (QED) is 0.754. The summed E-state index contributed by atoms with van der Waals surface area (Å²) in [6.07, 6.45) is 0.648. The van der Waals surface area contributed by atoms with Gasteiger partial charge in [0.25, 0.3) is 0 Å². The van der Waals surface area contributed by atoms with Crippen LogP contribution >= 0.6 is 0 Å². The summed E-state index contributed by atoms with van der Waals surface area (Å²) >= 11 is 0. The molecule has 1 fully saturated rings. The van der Waals surface area contributed by atoms with E-state index in [9.17, 15) is 4.79 Å². The Balaban J connectivity index is 2.11. The number of aromatic amines is 1. The Morgan fingerprint density at radius 1 is 1.33 bits per heavy atom. The smallest absolute Gasteiger partial charge is 0.153 e. The summed E-state index contributed by atoms with van der Waals surface area (Å²) in [4.78, 5) is 16.8. The predicted octanol–water partition coefficient (Wildman–Crippen LogP) is 2.15. The van der Waals surface area contributed by atoms with Crippen LogP contribution in [0.2, 0.25) is 0 Å². The van der Waals surface area contributed by atoms with Crippen molar-refractivity contribution in [2.45, 2.75) is 20.3 Å². The molecule has 1 aromatic carbocycles. The SMILES string of the molecule is Cc1cc2[nH]c(N3CCC(=O)C3)cc2c(C)c1N. The number of nitrogens with zero attached hydrogens (tertiary/aromatic N) is 1. The lowest BCUT2D eigenvalue weighted by Gasteiger charge is -2.13. The number of nitrogen functional groups attached to an aromatic ring is 1. The molecule has 1 aromatic heterocycles. The number of aryl methyl sites for hydroxylation is 2. The van der Waals surface area contributed by atoms with Crippen molar-refractivity contribution in [3.63, 3.8) is 0 Å². The standard InChI is InChI=1S/C14H17N3O/c1-8-5-12-11(9(2)14(8)15)6-13(16-12)17-4-3-10(18)7-17/h5-6,16H,3-4,7,15H2,1-2H3. The number of hydrogen-bond acceptors (Lipinski definition) is 3. The van der Waals surface area contributed by atoms with Crippen molar-refractivity contribution in [2.75, 3.05) is 23.7 Å². The van der Waals surface area contributed by atoms with Gasteiger partial charge >= 0.3 is 0 Å². The van der Waals surface area contributed by atoms with Crippen LogP contribution in [-0.2, 0) is 4.79 Å². The molecule has 4 heteroatoms. The second kappa shape index (κ2) is 3.77. The van der Waals surface area contributed by atoms with Gasteiger partial charge in [-0.15, -0.1) is 0 Å². The van der Waals surface area contributed by atoms with Crippen LogP contribution in [0.3, 0.4) is 0 Å². The van der Waals surface area contributed by atoms with E-state index in [0.29, 0.717) is 18.7 Å². The van der Waals surface area contributed by atoms with Crippen LogP contribution in [-0.4, -0.2) is 23.9 Å². The van der Waals surface area contributed by atoms with Crippen LogP contribution in [0.15, 0.2) is 12.1 Å². The minimum Gasteiger partial charge on any atom is -0.398 e. The molecule has 0 saturated carbocycles. The van der Waals surface area contributed by atoms with Gasteiger partial charge in [0.15, 0.2) is 5.78 Å². The van der Waals surface area contributed by atoms with Crippen molar-refractivity contribution in [2.24, 2.45) is 0 Å². The van der Waals surface area contributed by atoms with E-state index < -0.39 is 0 Å². The van der Waals surface area contributed by atoms with Gasteiger partial charge in [0.05, 0.1) is 6.54 Å². The lowest BCUT2D eigenvalue weighted by atomic mass is 10.1. The molecule has 1 aliphatic heterocycles. The summed E-state index contributed by atoms with van der Waals surface area (Å²) in [5.41, 5.74) is 10.2. The van der Waals surface area contributed by atoms with Crippen molar-refractivity contribution >= 4 is 28.2 Å². The number of hydrogen-bond donors (Lipinski definition) is 2. The third kappa shape index (κ3) is 1.56. The molecule has 4 nitrogen and oxygen atoms in total. The zero-order chi connectivity index (χ0) is 12.9. The number of rotatable bonds is 1. The normalized spacial score (nSPS) is 15.9. The molecule has 94 valence electrons. The highest BCUT2D eigenvalue weighted by atomic mass is 16.1. The fourth-order valence-electron chi connectivity index (χ4n) is 2.62. The lowest BCUT2D eigenvalue weighted by molar-refractivity contribution is -0.116. The van der Waals surface area contributed by atoms with Crippen molar-refractivity contribution in [3.05, 3.63) is 23.3 Å². The van der Waals surface area contributed by atoms with Crippen molar-refractivity contribution in [1.82, 2.24) is 4.98 Å². The van der Waals surface area contributed by atoms with Gasteiger partial charge in [-0.3, -0.25) is 4.79 Å². The molecule has 2 aromatic rings. The molecule has 0 bridgehead atoms. The maximum atomic E-state index is 11.3. The summed E-state index contributed by atoms with van der Waals surface area (Å²) in [7, 11) is 0. The molecule has 0 atom stereocenters. The second-order valence-corrected chi connectivity index (χ2v) is 5.06. The van der Waals surface area contributed by atoms with E-state index in [0.717, 1.165) is 40.1 Å². The van der Waals surface area contributed by atoms with Gasteiger partial charge in [0.2, 0.25) is 0 Å². The topological polar surface area (TPSA) is 62.1 Å². The first-order chi connectivity index (χ1) is 8.56. The number of carbonyl (C=O) groups excluding carboxylic acids is 1. The molecule has 0 aliphatic carbocycles. The highest BCUT2D eigenvalue weighted by Gasteiger charge is 2.21. The van der Waals surface area contributed by atoms with E-state index in [-0.39, 0.29) is 0 Å². The first-order valence-corrected chi connectivity index (χ1v) is 6.21. The summed E-state index contributed by atoms with van der Waals surface area (Å²) < 4.78 is 0.